The molecule has 1 aliphatic rings. The van der Waals surface area contributed by atoms with Gasteiger partial charge >= 0.3 is 0 Å². The molecule has 0 spiro atoms. The van der Waals surface area contributed by atoms with Crippen molar-refractivity contribution in [3.8, 4) is 11.5 Å². The van der Waals surface area contributed by atoms with Crippen molar-refractivity contribution in [2.75, 3.05) is 11.9 Å². The molecule has 0 aliphatic carbocycles. The maximum atomic E-state index is 5.92. The molecule has 2 rings (SSSR count). The number of ether oxygens (including phenoxy) is 2. The summed E-state index contributed by atoms with van der Waals surface area (Å²) in [6.45, 7) is 5.10. The molecule has 0 saturated carbocycles. The minimum Gasteiger partial charge on any atom is -0.486 e. The highest BCUT2D eigenvalue weighted by molar-refractivity contribution is 9.09. The van der Waals surface area contributed by atoms with Crippen molar-refractivity contribution in [1.82, 2.24) is 0 Å². The molecule has 0 fully saturated rings. The van der Waals surface area contributed by atoms with E-state index in [-0.39, 0.29) is 11.5 Å². The second-order valence-electron chi connectivity index (χ2n) is 5.00. The average Bonchev–Trinajstić information content (AvgIpc) is 2.28. The van der Waals surface area contributed by atoms with E-state index in [0.29, 0.717) is 6.61 Å². The summed E-state index contributed by atoms with van der Waals surface area (Å²) in [6.07, 6.45) is 1.15. The fourth-order valence-corrected chi connectivity index (χ4v) is 2.06. The Morgan fingerprint density at radius 3 is 2.69 bits per heavy atom. The zero-order valence-electron chi connectivity index (χ0n) is 9.70. The van der Waals surface area contributed by atoms with Crippen LogP contribution < -0.4 is 9.47 Å². The van der Waals surface area contributed by atoms with Crippen LogP contribution >= 0.6 is 15.9 Å². The van der Waals surface area contributed by atoms with Crippen LogP contribution in [-0.4, -0.2) is 18.0 Å². The molecule has 1 unspecified atom stereocenters. The molecule has 0 N–H and O–H groups in total. The van der Waals surface area contributed by atoms with Crippen LogP contribution in [-0.2, 0) is 0 Å². The minimum atomic E-state index is 0.155. The third-order valence-corrected chi connectivity index (χ3v) is 4.23. The van der Waals surface area contributed by atoms with Crippen molar-refractivity contribution in [3.63, 3.8) is 0 Å². The van der Waals surface area contributed by atoms with Gasteiger partial charge in [0, 0.05) is 5.33 Å². The SMILES string of the molecule is CC(C)(CBr)CC1COc2ccccc2O1. The maximum Gasteiger partial charge on any atom is 0.161 e. The van der Waals surface area contributed by atoms with E-state index < -0.39 is 0 Å². The number of fused-ring (bicyclic) bond motifs is 1. The van der Waals surface area contributed by atoms with Gasteiger partial charge < -0.3 is 9.47 Å². The Morgan fingerprint density at radius 2 is 2.00 bits per heavy atom. The number of rotatable bonds is 3. The monoisotopic (exact) mass is 284 g/mol. The highest BCUT2D eigenvalue weighted by Crippen LogP contribution is 2.34. The van der Waals surface area contributed by atoms with Gasteiger partial charge in [0.15, 0.2) is 11.5 Å². The highest BCUT2D eigenvalue weighted by atomic mass is 79.9. The zero-order valence-corrected chi connectivity index (χ0v) is 11.3. The summed E-state index contributed by atoms with van der Waals surface area (Å²) in [4.78, 5) is 0. The van der Waals surface area contributed by atoms with Crippen LogP contribution in [0.3, 0.4) is 0 Å². The molecule has 1 aromatic carbocycles. The van der Waals surface area contributed by atoms with Crippen molar-refractivity contribution in [3.05, 3.63) is 24.3 Å². The summed E-state index contributed by atoms with van der Waals surface area (Å²) >= 11 is 3.53. The minimum absolute atomic E-state index is 0.155. The molecular weight excluding hydrogens is 268 g/mol. The Bertz CT molecular complexity index is 363. The molecule has 1 atom stereocenters. The summed E-state index contributed by atoms with van der Waals surface area (Å²) < 4.78 is 11.6. The molecule has 16 heavy (non-hydrogen) atoms. The molecule has 1 heterocycles. The van der Waals surface area contributed by atoms with E-state index in [1.807, 2.05) is 24.3 Å². The van der Waals surface area contributed by atoms with Crippen LogP contribution in [0.15, 0.2) is 24.3 Å². The van der Waals surface area contributed by atoms with Gasteiger partial charge in [0.2, 0.25) is 0 Å². The number of hydrogen-bond donors (Lipinski definition) is 0. The molecule has 0 saturated heterocycles. The van der Waals surface area contributed by atoms with E-state index in [0.717, 1.165) is 23.2 Å². The topological polar surface area (TPSA) is 18.5 Å². The molecule has 3 heteroatoms. The van der Waals surface area contributed by atoms with E-state index in [1.165, 1.54) is 0 Å². The molecule has 1 aromatic rings. The Hall–Kier alpha value is -0.700. The smallest absolute Gasteiger partial charge is 0.161 e. The lowest BCUT2D eigenvalue weighted by Crippen LogP contribution is -2.34. The second-order valence-corrected chi connectivity index (χ2v) is 5.56. The van der Waals surface area contributed by atoms with Gasteiger partial charge in [0.05, 0.1) is 0 Å². The number of para-hydroxylation sites is 2. The van der Waals surface area contributed by atoms with Crippen molar-refractivity contribution in [2.24, 2.45) is 5.41 Å². The van der Waals surface area contributed by atoms with Crippen LogP contribution in [0.4, 0.5) is 0 Å². The third kappa shape index (κ3) is 2.70. The van der Waals surface area contributed by atoms with Crippen LogP contribution in [0.25, 0.3) is 0 Å². The lowest BCUT2D eigenvalue weighted by atomic mass is 9.89. The molecular formula is C13H17BrO2. The van der Waals surface area contributed by atoms with Gasteiger partial charge in [0.1, 0.15) is 12.7 Å². The fourth-order valence-electron chi connectivity index (χ4n) is 1.83. The Labute approximate surface area is 105 Å². The normalized spacial score (nSPS) is 19.6. The van der Waals surface area contributed by atoms with E-state index in [2.05, 4.69) is 29.8 Å². The first-order chi connectivity index (χ1) is 7.61. The number of hydrogen-bond acceptors (Lipinski definition) is 2. The van der Waals surface area contributed by atoms with Gasteiger partial charge in [-0.3, -0.25) is 0 Å². The summed E-state index contributed by atoms with van der Waals surface area (Å²) in [5, 5.41) is 0.974. The van der Waals surface area contributed by atoms with Gasteiger partial charge in [-0.25, -0.2) is 0 Å². The molecule has 0 amide bonds. The van der Waals surface area contributed by atoms with Crippen molar-refractivity contribution < 1.29 is 9.47 Å². The van der Waals surface area contributed by atoms with Gasteiger partial charge in [-0.05, 0) is 24.0 Å². The first kappa shape index (κ1) is 11.8. The average molecular weight is 285 g/mol. The largest absolute Gasteiger partial charge is 0.486 e. The Morgan fingerprint density at radius 1 is 1.31 bits per heavy atom. The van der Waals surface area contributed by atoms with E-state index in [4.69, 9.17) is 9.47 Å². The Balaban J connectivity index is 2.03. The first-order valence-corrected chi connectivity index (χ1v) is 6.67. The lowest BCUT2D eigenvalue weighted by Gasteiger charge is -2.32. The van der Waals surface area contributed by atoms with E-state index in [9.17, 15) is 0 Å². The quantitative estimate of drug-likeness (QED) is 0.789. The van der Waals surface area contributed by atoms with Gasteiger partial charge in [-0.15, -0.1) is 0 Å². The first-order valence-electron chi connectivity index (χ1n) is 5.55. The van der Waals surface area contributed by atoms with Crippen molar-refractivity contribution >= 4 is 15.9 Å². The number of alkyl halides is 1. The van der Waals surface area contributed by atoms with Crippen molar-refractivity contribution in [2.45, 2.75) is 26.4 Å². The summed E-state index contributed by atoms with van der Waals surface area (Å²) in [7, 11) is 0. The molecule has 0 aromatic heterocycles. The molecule has 0 radical (unpaired) electrons. The van der Waals surface area contributed by atoms with E-state index in [1.54, 1.807) is 0 Å². The zero-order chi connectivity index (χ0) is 11.6. The Kier molecular flexibility index (Phi) is 3.43. The van der Waals surface area contributed by atoms with Crippen LogP contribution in [0.5, 0.6) is 11.5 Å². The molecule has 2 nitrogen and oxygen atoms in total. The van der Waals surface area contributed by atoms with Crippen LogP contribution in [0, 0.1) is 5.41 Å². The van der Waals surface area contributed by atoms with Crippen LogP contribution in [0.2, 0.25) is 0 Å². The molecule has 0 bridgehead atoms. The highest BCUT2D eigenvalue weighted by Gasteiger charge is 2.27. The third-order valence-electron chi connectivity index (χ3n) is 2.71. The maximum absolute atomic E-state index is 5.92. The van der Waals surface area contributed by atoms with Crippen LogP contribution in [0.1, 0.15) is 20.3 Å². The van der Waals surface area contributed by atoms with Gasteiger partial charge in [-0.2, -0.15) is 0 Å². The standard InChI is InChI=1S/C13H17BrO2/c1-13(2,9-14)7-10-8-15-11-5-3-4-6-12(11)16-10/h3-6,10H,7-9H2,1-2H3. The van der Waals surface area contributed by atoms with Gasteiger partial charge in [0.25, 0.3) is 0 Å². The van der Waals surface area contributed by atoms with Crippen molar-refractivity contribution in [1.29, 1.82) is 0 Å². The molecule has 1 aliphatic heterocycles. The fraction of sp³-hybridized carbons (Fsp3) is 0.538. The number of halogens is 1. The summed E-state index contributed by atoms with van der Waals surface area (Å²) in [5.74, 6) is 1.72. The lowest BCUT2D eigenvalue weighted by molar-refractivity contribution is 0.0616. The van der Waals surface area contributed by atoms with Gasteiger partial charge in [-0.1, -0.05) is 41.9 Å². The second kappa shape index (κ2) is 4.66. The predicted molar refractivity (Wildman–Crippen MR) is 68.5 cm³/mol. The molecule has 88 valence electrons. The summed E-state index contributed by atoms with van der Waals surface area (Å²) in [5.41, 5.74) is 0.236. The summed E-state index contributed by atoms with van der Waals surface area (Å²) in [6, 6.07) is 7.84. The number of benzene rings is 1. The predicted octanol–water partition coefficient (Wildman–Crippen LogP) is 3.64. The van der Waals surface area contributed by atoms with E-state index >= 15 is 0 Å².